The van der Waals surface area contributed by atoms with E-state index >= 15 is 0 Å². The molecule has 19 heavy (non-hydrogen) atoms. The van der Waals surface area contributed by atoms with Gasteiger partial charge in [-0.2, -0.15) is 0 Å². The maximum Gasteiger partial charge on any atom is 0.117 e. The van der Waals surface area contributed by atoms with Crippen LogP contribution in [0.15, 0.2) is 42.5 Å². The SMILES string of the molecule is CC1(C)OCNc2ccc(-c3ccccc3Cl)cc21. The molecular weight excluding hydrogens is 258 g/mol. The van der Waals surface area contributed by atoms with Crippen LogP contribution >= 0.6 is 11.6 Å². The Bertz CT molecular complexity index is 622. The summed E-state index contributed by atoms with van der Waals surface area (Å²) in [4.78, 5) is 0. The van der Waals surface area contributed by atoms with Gasteiger partial charge >= 0.3 is 0 Å². The topological polar surface area (TPSA) is 21.3 Å². The average Bonchev–Trinajstić information content (AvgIpc) is 2.39. The van der Waals surface area contributed by atoms with Crippen LogP contribution in [0.4, 0.5) is 5.69 Å². The molecule has 1 heterocycles. The van der Waals surface area contributed by atoms with Gasteiger partial charge in [-0.3, -0.25) is 0 Å². The minimum atomic E-state index is -0.280. The molecule has 0 aliphatic carbocycles. The van der Waals surface area contributed by atoms with E-state index in [4.69, 9.17) is 16.3 Å². The van der Waals surface area contributed by atoms with Crippen molar-refractivity contribution in [3.8, 4) is 11.1 Å². The van der Waals surface area contributed by atoms with Crippen LogP contribution in [0.25, 0.3) is 11.1 Å². The lowest BCUT2D eigenvalue weighted by Gasteiger charge is -2.34. The van der Waals surface area contributed by atoms with E-state index in [2.05, 4.69) is 37.4 Å². The van der Waals surface area contributed by atoms with Crippen LogP contribution in [0.5, 0.6) is 0 Å². The molecule has 0 amide bonds. The summed E-state index contributed by atoms with van der Waals surface area (Å²) in [6.45, 7) is 4.72. The van der Waals surface area contributed by atoms with Gasteiger partial charge in [0.05, 0.1) is 5.60 Å². The Balaban J connectivity index is 2.14. The maximum absolute atomic E-state index is 6.27. The molecular formula is C16H16ClNO. The smallest absolute Gasteiger partial charge is 0.117 e. The molecule has 0 radical (unpaired) electrons. The molecule has 1 N–H and O–H groups in total. The second-order valence-electron chi connectivity index (χ2n) is 5.22. The molecule has 0 fully saturated rings. The summed E-state index contributed by atoms with van der Waals surface area (Å²) in [5.41, 5.74) is 4.18. The molecule has 1 aliphatic rings. The molecule has 0 atom stereocenters. The first-order chi connectivity index (χ1) is 9.08. The van der Waals surface area contributed by atoms with Crippen LogP contribution in [0.1, 0.15) is 19.4 Å². The normalized spacial score (nSPS) is 16.6. The summed E-state index contributed by atoms with van der Waals surface area (Å²) in [5, 5.41) is 4.02. The van der Waals surface area contributed by atoms with Crippen LogP contribution in [0.3, 0.4) is 0 Å². The third kappa shape index (κ3) is 2.22. The van der Waals surface area contributed by atoms with Crippen molar-refractivity contribution in [3.05, 3.63) is 53.1 Å². The molecule has 2 aromatic rings. The van der Waals surface area contributed by atoms with Crippen molar-refractivity contribution in [2.75, 3.05) is 12.0 Å². The van der Waals surface area contributed by atoms with Crippen molar-refractivity contribution in [2.45, 2.75) is 19.4 Å². The third-order valence-corrected chi connectivity index (χ3v) is 3.88. The second kappa shape index (κ2) is 4.55. The van der Waals surface area contributed by atoms with Gasteiger partial charge in [0.1, 0.15) is 6.73 Å². The first-order valence-corrected chi connectivity index (χ1v) is 6.73. The standard InChI is InChI=1S/C16H16ClNO/c1-16(2)13-9-11(7-8-15(13)18-10-19-16)12-5-3-4-6-14(12)17/h3-9,18H,10H2,1-2H3. The number of halogens is 1. The van der Waals surface area contributed by atoms with E-state index in [9.17, 15) is 0 Å². The van der Waals surface area contributed by atoms with Crippen molar-refractivity contribution in [3.63, 3.8) is 0 Å². The van der Waals surface area contributed by atoms with Crippen molar-refractivity contribution < 1.29 is 4.74 Å². The number of hydrogen-bond donors (Lipinski definition) is 1. The lowest BCUT2D eigenvalue weighted by atomic mass is 9.91. The second-order valence-corrected chi connectivity index (χ2v) is 5.62. The largest absolute Gasteiger partial charge is 0.362 e. The Hall–Kier alpha value is -1.51. The molecule has 2 aromatic carbocycles. The summed E-state index contributed by atoms with van der Waals surface area (Å²) in [7, 11) is 0. The number of hydrogen-bond acceptors (Lipinski definition) is 2. The molecule has 0 saturated heterocycles. The number of fused-ring (bicyclic) bond motifs is 1. The average molecular weight is 274 g/mol. The Morgan fingerprint density at radius 3 is 2.74 bits per heavy atom. The van der Waals surface area contributed by atoms with Gasteiger partial charge in [-0.05, 0) is 37.6 Å². The minimum absolute atomic E-state index is 0.280. The van der Waals surface area contributed by atoms with Gasteiger partial charge in [0.15, 0.2) is 0 Å². The summed E-state index contributed by atoms with van der Waals surface area (Å²) in [6.07, 6.45) is 0. The predicted molar refractivity (Wildman–Crippen MR) is 79.5 cm³/mol. The van der Waals surface area contributed by atoms with Gasteiger partial charge < -0.3 is 10.1 Å². The fourth-order valence-corrected chi connectivity index (χ4v) is 2.68. The molecule has 1 aliphatic heterocycles. The molecule has 3 rings (SSSR count). The summed E-state index contributed by atoms with van der Waals surface area (Å²) < 4.78 is 5.77. The van der Waals surface area contributed by atoms with E-state index in [1.54, 1.807) is 0 Å². The summed E-state index contributed by atoms with van der Waals surface area (Å²) in [5.74, 6) is 0. The van der Waals surface area contributed by atoms with Crippen LogP contribution < -0.4 is 5.32 Å². The van der Waals surface area contributed by atoms with Gasteiger partial charge in [-0.1, -0.05) is 35.9 Å². The maximum atomic E-state index is 6.27. The van der Waals surface area contributed by atoms with Crippen LogP contribution in [-0.4, -0.2) is 6.73 Å². The van der Waals surface area contributed by atoms with Gasteiger partial charge in [0.25, 0.3) is 0 Å². The number of ether oxygens (including phenoxy) is 1. The first-order valence-electron chi connectivity index (χ1n) is 6.35. The van der Waals surface area contributed by atoms with E-state index in [0.29, 0.717) is 6.73 Å². The lowest BCUT2D eigenvalue weighted by Crippen LogP contribution is -2.31. The Morgan fingerprint density at radius 2 is 1.95 bits per heavy atom. The minimum Gasteiger partial charge on any atom is -0.362 e. The number of rotatable bonds is 1. The third-order valence-electron chi connectivity index (χ3n) is 3.55. The van der Waals surface area contributed by atoms with Gasteiger partial charge in [0, 0.05) is 21.8 Å². The van der Waals surface area contributed by atoms with E-state index in [1.165, 1.54) is 0 Å². The zero-order valence-corrected chi connectivity index (χ0v) is 11.8. The first kappa shape index (κ1) is 12.5. The van der Waals surface area contributed by atoms with Crippen LogP contribution in [-0.2, 0) is 10.3 Å². The highest BCUT2D eigenvalue weighted by Crippen LogP contribution is 2.38. The zero-order chi connectivity index (χ0) is 13.5. The highest BCUT2D eigenvalue weighted by molar-refractivity contribution is 6.33. The molecule has 2 nitrogen and oxygen atoms in total. The number of anilines is 1. The molecule has 0 spiro atoms. The van der Waals surface area contributed by atoms with Crippen molar-refractivity contribution in [2.24, 2.45) is 0 Å². The summed E-state index contributed by atoms with van der Waals surface area (Å²) in [6, 6.07) is 14.2. The van der Waals surface area contributed by atoms with E-state index in [1.807, 2.05) is 24.3 Å². The Morgan fingerprint density at radius 1 is 1.16 bits per heavy atom. The highest BCUT2D eigenvalue weighted by atomic mass is 35.5. The fraction of sp³-hybridized carbons (Fsp3) is 0.250. The Kier molecular flexibility index (Phi) is 3.00. The Labute approximate surface area is 118 Å². The van der Waals surface area contributed by atoms with E-state index < -0.39 is 0 Å². The van der Waals surface area contributed by atoms with E-state index in [0.717, 1.165) is 27.4 Å². The van der Waals surface area contributed by atoms with Gasteiger partial charge in [-0.15, -0.1) is 0 Å². The van der Waals surface area contributed by atoms with Gasteiger partial charge in [-0.25, -0.2) is 0 Å². The molecule has 0 bridgehead atoms. The predicted octanol–water partition coefficient (Wildman–Crippen LogP) is 4.64. The number of benzene rings is 2. The quantitative estimate of drug-likeness (QED) is 0.817. The zero-order valence-electron chi connectivity index (χ0n) is 11.0. The number of nitrogens with one attached hydrogen (secondary N) is 1. The molecule has 0 unspecified atom stereocenters. The van der Waals surface area contributed by atoms with E-state index in [-0.39, 0.29) is 5.60 Å². The van der Waals surface area contributed by atoms with Gasteiger partial charge in [0.2, 0.25) is 0 Å². The monoisotopic (exact) mass is 273 g/mol. The molecule has 0 aromatic heterocycles. The molecule has 3 heteroatoms. The molecule has 98 valence electrons. The lowest BCUT2D eigenvalue weighted by molar-refractivity contribution is -0.0178. The highest BCUT2D eigenvalue weighted by Gasteiger charge is 2.28. The van der Waals surface area contributed by atoms with Crippen molar-refractivity contribution in [1.29, 1.82) is 0 Å². The molecule has 0 saturated carbocycles. The fourth-order valence-electron chi connectivity index (χ4n) is 2.43. The van der Waals surface area contributed by atoms with Crippen LogP contribution in [0, 0.1) is 0 Å². The van der Waals surface area contributed by atoms with Crippen LogP contribution in [0.2, 0.25) is 5.02 Å². The van der Waals surface area contributed by atoms with Crippen molar-refractivity contribution in [1.82, 2.24) is 0 Å². The summed E-state index contributed by atoms with van der Waals surface area (Å²) >= 11 is 6.27. The van der Waals surface area contributed by atoms with Crippen molar-refractivity contribution >= 4 is 17.3 Å².